The second-order valence-corrected chi connectivity index (χ2v) is 8.03. The van der Waals surface area contributed by atoms with Crippen LogP contribution in [0.3, 0.4) is 0 Å². The normalized spacial score (nSPS) is 25.9. The van der Waals surface area contributed by atoms with Gasteiger partial charge in [0.1, 0.15) is 11.8 Å². The smallest absolute Gasteiger partial charge is 0.237 e. The van der Waals surface area contributed by atoms with Crippen LogP contribution < -0.4 is 4.74 Å². The Morgan fingerprint density at radius 1 is 1.13 bits per heavy atom. The number of carbonyl (C=O) groups is 2. The third kappa shape index (κ3) is 3.09. The van der Waals surface area contributed by atoms with Gasteiger partial charge < -0.3 is 9.64 Å². The van der Waals surface area contributed by atoms with Crippen molar-refractivity contribution in [1.29, 1.82) is 5.26 Å². The van der Waals surface area contributed by atoms with Crippen molar-refractivity contribution in [2.75, 3.05) is 13.7 Å². The molecule has 5 heteroatoms. The van der Waals surface area contributed by atoms with E-state index in [2.05, 4.69) is 0 Å². The monoisotopic (exact) mass is 400 g/mol. The van der Waals surface area contributed by atoms with Crippen LogP contribution in [-0.4, -0.2) is 30.2 Å². The molecular formula is C25H24N2O3. The fourth-order valence-corrected chi connectivity index (χ4v) is 4.91. The fourth-order valence-electron chi connectivity index (χ4n) is 4.91. The van der Waals surface area contributed by atoms with Crippen LogP contribution in [0.1, 0.15) is 24.5 Å². The molecule has 0 spiro atoms. The molecule has 4 rings (SSSR count). The van der Waals surface area contributed by atoms with E-state index in [0.717, 1.165) is 16.9 Å². The zero-order valence-electron chi connectivity index (χ0n) is 17.2. The lowest BCUT2D eigenvalue weighted by Crippen LogP contribution is -2.59. The van der Waals surface area contributed by atoms with E-state index in [0.29, 0.717) is 19.5 Å². The highest BCUT2D eigenvalue weighted by Crippen LogP contribution is 2.49. The van der Waals surface area contributed by atoms with Gasteiger partial charge in [-0.25, -0.2) is 0 Å². The van der Waals surface area contributed by atoms with Crippen molar-refractivity contribution in [2.24, 2.45) is 11.8 Å². The molecule has 2 aromatic rings. The number of rotatable bonds is 4. The number of nitriles is 1. The summed E-state index contributed by atoms with van der Waals surface area (Å²) in [5, 5.41) is 9.59. The Kier molecular flexibility index (Phi) is 5.17. The van der Waals surface area contributed by atoms with Gasteiger partial charge in [0.05, 0.1) is 18.1 Å². The van der Waals surface area contributed by atoms with Gasteiger partial charge in [0.15, 0.2) is 5.78 Å². The predicted octanol–water partition coefficient (Wildman–Crippen LogP) is 3.65. The number of amides is 1. The van der Waals surface area contributed by atoms with Crippen LogP contribution in [0.25, 0.3) is 0 Å². The molecule has 152 valence electrons. The molecule has 1 amide bonds. The van der Waals surface area contributed by atoms with Crippen molar-refractivity contribution in [1.82, 2.24) is 4.90 Å². The Morgan fingerprint density at radius 2 is 1.83 bits per heavy atom. The van der Waals surface area contributed by atoms with E-state index >= 15 is 0 Å². The number of likely N-dealkylation sites (tertiary alicyclic amines) is 1. The Balaban J connectivity index is 1.78. The molecule has 3 atom stereocenters. The standard InChI is InChI=1S/C25H24N2O3/c1-17-22-12-13-27(16-18-8-10-21(30-2)11-9-18)24(29)25(22,14-19(15-26)23(17)28)20-6-4-3-5-7-20/h3-11,14,17,22H,12-13,16H2,1-2H3/t17-,22-,25+/m0/s1. The molecule has 1 aliphatic carbocycles. The first kappa shape index (κ1) is 19.9. The van der Waals surface area contributed by atoms with Crippen LogP contribution in [-0.2, 0) is 21.5 Å². The van der Waals surface area contributed by atoms with Crippen LogP contribution in [0.5, 0.6) is 5.75 Å². The van der Waals surface area contributed by atoms with E-state index in [1.807, 2.05) is 72.5 Å². The van der Waals surface area contributed by atoms with Gasteiger partial charge in [-0.2, -0.15) is 5.26 Å². The van der Waals surface area contributed by atoms with Crippen LogP contribution in [0.15, 0.2) is 66.2 Å². The number of carbonyl (C=O) groups excluding carboxylic acids is 2. The third-order valence-corrected chi connectivity index (χ3v) is 6.49. The first-order valence-electron chi connectivity index (χ1n) is 10.2. The maximum Gasteiger partial charge on any atom is 0.237 e. The third-order valence-electron chi connectivity index (χ3n) is 6.49. The average Bonchev–Trinajstić information content (AvgIpc) is 2.79. The molecule has 0 saturated carbocycles. The molecule has 0 aromatic heterocycles. The minimum Gasteiger partial charge on any atom is -0.497 e. The lowest BCUT2D eigenvalue weighted by molar-refractivity contribution is -0.145. The van der Waals surface area contributed by atoms with E-state index in [9.17, 15) is 14.9 Å². The minimum atomic E-state index is -0.996. The maximum atomic E-state index is 14.0. The fraction of sp³-hybridized carbons (Fsp3) is 0.320. The number of allylic oxidation sites excluding steroid dienone is 1. The second kappa shape index (κ2) is 7.79. The number of Topliss-reactive ketones (excluding diaryl/α,β-unsaturated/α-hetero) is 1. The summed E-state index contributed by atoms with van der Waals surface area (Å²) in [4.78, 5) is 28.5. The van der Waals surface area contributed by atoms with Crippen molar-refractivity contribution in [2.45, 2.75) is 25.3 Å². The topological polar surface area (TPSA) is 70.4 Å². The lowest BCUT2D eigenvalue weighted by Gasteiger charge is -2.50. The van der Waals surface area contributed by atoms with E-state index in [1.54, 1.807) is 13.2 Å². The summed E-state index contributed by atoms with van der Waals surface area (Å²) in [6.45, 7) is 2.90. The number of hydrogen-bond acceptors (Lipinski definition) is 4. The summed E-state index contributed by atoms with van der Waals surface area (Å²) in [6, 6.07) is 19.3. The van der Waals surface area contributed by atoms with Gasteiger partial charge >= 0.3 is 0 Å². The number of ether oxygens (including phenoxy) is 1. The zero-order valence-corrected chi connectivity index (χ0v) is 17.2. The number of piperidine rings is 1. The van der Waals surface area contributed by atoms with E-state index in [1.165, 1.54) is 0 Å². The van der Waals surface area contributed by atoms with Crippen molar-refractivity contribution >= 4 is 11.7 Å². The minimum absolute atomic E-state index is 0.0483. The number of hydrogen-bond donors (Lipinski definition) is 0. The Bertz CT molecular complexity index is 1040. The Morgan fingerprint density at radius 3 is 2.47 bits per heavy atom. The number of methoxy groups -OCH3 is 1. The number of benzene rings is 2. The summed E-state index contributed by atoms with van der Waals surface area (Å²) in [7, 11) is 1.62. The van der Waals surface area contributed by atoms with Gasteiger partial charge in [-0.15, -0.1) is 0 Å². The second-order valence-electron chi connectivity index (χ2n) is 8.03. The van der Waals surface area contributed by atoms with Gasteiger partial charge in [-0.05, 0) is 41.7 Å². The average molecular weight is 400 g/mol. The molecule has 1 saturated heterocycles. The Labute approximate surface area is 176 Å². The highest BCUT2D eigenvalue weighted by atomic mass is 16.5. The van der Waals surface area contributed by atoms with Gasteiger partial charge in [0.25, 0.3) is 0 Å². The van der Waals surface area contributed by atoms with Crippen LogP contribution in [0, 0.1) is 23.2 Å². The molecule has 0 radical (unpaired) electrons. The van der Waals surface area contributed by atoms with E-state index < -0.39 is 5.41 Å². The van der Waals surface area contributed by atoms with Gasteiger partial charge in [-0.1, -0.05) is 49.4 Å². The van der Waals surface area contributed by atoms with Gasteiger partial charge in [0, 0.05) is 19.0 Å². The molecule has 2 aromatic carbocycles. The molecule has 1 heterocycles. The summed E-state index contributed by atoms with van der Waals surface area (Å²) in [5.74, 6) is 0.0187. The van der Waals surface area contributed by atoms with Crippen LogP contribution >= 0.6 is 0 Å². The van der Waals surface area contributed by atoms with E-state index in [-0.39, 0.29) is 29.1 Å². The summed E-state index contributed by atoms with van der Waals surface area (Å²) in [5.41, 5.74) is 0.939. The molecule has 0 N–H and O–H groups in total. The van der Waals surface area contributed by atoms with E-state index in [4.69, 9.17) is 4.74 Å². The van der Waals surface area contributed by atoms with Crippen molar-refractivity contribution in [3.05, 3.63) is 77.4 Å². The zero-order chi connectivity index (χ0) is 21.3. The maximum absolute atomic E-state index is 14.0. The number of ketones is 1. The number of fused-ring (bicyclic) bond motifs is 1. The molecule has 0 bridgehead atoms. The first-order chi connectivity index (χ1) is 14.5. The Hall–Kier alpha value is -3.39. The molecular weight excluding hydrogens is 376 g/mol. The van der Waals surface area contributed by atoms with Crippen molar-refractivity contribution < 1.29 is 14.3 Å². The molecule has 30 heavy (non-hydrogen) atoms. The van der Waals surface area contributed by atoms with Gasteiger partial charge in [-0.3, -0.25) is 9.59 Å². The molecule has 0 unspecified atom stereocenters. The quantitative estimate of drug-likeness (QED) is 0.785. The van der Waals surface area contributed by atoms with Gasteiger partial charge in [0.2, 0.25) is 5.91 Å². The SMILES string of the molecule is COc1ccc(CN2CC[C@H]3[C@H](C)C(=O)C(C#N)=C[C@]3(c3ccccc3)C2=O)cc1. The molecule has 2 aliphatic rings. The van der Waals surface area contributed by atoms with Crippen LogP contribution in [0.2, 0.25) is 0 Å². The highest BCUT2D eigenvalue weighted by molar-refractivity contribution is 6.06. The summed E-state index contributed by atoms with van der Waals surface area (Å²) < 4.78 is 5.22. The largest absolute Gasteiger partial charge is 0.497 e. The highest BCUT2D eigenvalue weighted by Gasteiger charge is 2.56. The first-order valence-corrected chi connectivity index (χ1v) is 10.2. The predicted molar refractivity (Wildman–Crippen MR) is 113 cm³/mol. The summed E-state index contributed by atoms with van der Waals surface area (Å²) in [6.07, 6.45) is 2.34. The van der Waals surface area contributed by atoms with Crippen molar-refractivity contribution in [3.63, 3.8) is 0 Å². The molecule has 1 fully saturated rings. The number of nitrogens with zero attached hydrogens (tertiary/aromatic N) is 2. The van der Waals surface area contributed by atoms with Crippen molar-refractivity contribution in [3.8, 4) is 11.8 Å². The molecule has 5 nitrogen and oxygen atoms in total. The van der Waals surface area contributed by atoms with Crippen LogP contribution in [0.4, 0.5) is 0 Å². The lowest BCUT2D eigenvalue weighted by atomic mass is 9.57. The molecule has 1 aliphatic heterocycles. The summed E-state index contributed by atoms with van der Waals surface area (Å²) >= 11 is 0.